The van der Waals surface area contributed by atoms with Crippen LogP contribution in [-0.2, 0) is 0 Å². The van der Waals surface area contributed by atoms with Crippen LogP contribution < -0.4 is 5.32 Å². The van der Waals surface area contributed by atoms with Crippen molar-refractivity contribution in [1.82, 2.24) is 9.97 Å². The number of hydrogen-bond donors (Lipinski definition) is 2. The lowest BCUT2D eigenvalue weighted by molar-refractivity contribution is 0.112. The molecule has 0 bridgehead atoms. The third-order valence-electron chi connectivity index (χ3n) is 4.38. The third-order valence-corrected chi connectivity index (χ3v) is 5.23. The van der Waals surface area contributed by atoms with Gasteiger partial charge in [-0.1, -0.05) is 0 Å². The van der Waals surface area contributed by atoms with Gasteiger partial charge in [0.15, 0.2) is 6.29 Å². The Morgan fingerprint density at radius 1 is 1.31 bits per heavy atom. The summed E-state index contributed by atoms with van der Waals surface area (Å²) in [4.78, 5) is 19.0. The van der Waals surface area contributed by atoms with Crippen molar-refractivity contribution in [3.05, 3.63) is 64.2 Å². The number of aromatic nitrogens is 2. The number of aryl methyl sites for hydroxylation is 1. The molecule has 6 heteroatoms. The van der Waals surface area contributed by atoms with Crippen molar-refractivity contribution < 1.29 is 4.79 Å². The summed E-state index contributed by atoms with van der Waals surface area (Å²) in [5.41, 5.74) is 5.88. The molecule has 4 rings (SSSR count). The third kappa shape index (κ3) is 2.65. The number of nitrogens with zero attached hydrogens (tertiary/aromatic N) is 2. The molecule has 2 N–H and O–H groups in total. The molecule has 26 heavy (non-hydrogen) atoms. The minimum atomic E-state index is 0.454. The maximum Gasteiger partial charge on any atom is 0.160 e. The van der Waals surface area contributed by atoms with E-state index in [9.17, 15) is 10.1 Å². The topological polar surface area (TPSA) is 81.6 Å². The summed E-state index contributed by atoms with van der Waals surface area (Å²) in [5.74, 6) is 0. The Labute approximate surface area is 153 Å². The molecular weight excluding hydrogens is 344 g/mol. The van der Waals surface area contributed by atoms with Crippen LogP contribution in [0.4, 0.5) is 11.4 Å². The molecule has 0 amide bonds. The number of nitrogens with one attached hydrogen (secondary N) is 2. The van der Waals surface area contributed by atoms with Gasteiger partial charge in [-0.05, 0) is 47.7 Å². The lowest BCUT2D eigenvalue weighted by Gasteiger charge is -2.15. The number of carbonyl (C=O) groups is 1. The highest BCUT2D eigenvalue weighted by molar-refractivity contribution is 7.12. The van der Waals surface area contributed by atoms with Crippen LogP contribution in [0.25, 0.3) is 22.0 Å². The SMILES string of the molecule is Cc1c(Nc2c(C#N)cncc2-c2csc(C=O)c2)ccc2[nH]ccc12. The number of aldehydes is 1. The zero-order valence-corrected chi connectivity index (χ0v) is 14.7. The average Bonchev–Trinajstić information content (AvgIpc) is 3.33. The van der Waals surface area contributed by atoms with E-state index in [1.807, 2.05) is 42.8 Å². The molecule has 0 aliphatic heterocycles. The summed E-state index contributed by atoms with van der Waals surface area (Å²) in [7, 11) is 0. The van der Waals surface area contributed by atoms with Gasteiger partial charge in [-0.25, -0.2) is 0 Å². The van der Waals surface area contributed by atoms with Crippen LogP contribution in [-0.4, -0.2) is 16.3 Å². The van der Waals surface area contributed by atoms with Gasteiger partial charge in [0.05, 0.1) is 16.1 Å². The molecule has 3 aromatic heterocycles. The van der Waals surface area contributed by atoms with Crippen LogP contribution in [0.1, 0.15) is 20.8 Å². The van der Waals surface area contributed by atoms with Gasteiger partial charge in [-0.15, -0.1) is 11.3 Å². The summed E-state index contributed by atoms with van der Waals surface area (Å²) in [6.45, 7) is 2.04. The molecule has 3 heterocycles. The number of nitriles is 1. The van der Waals surface area contributed by atoms with Gasteiger partial charge in [-0.3, -0.25) is 9.78 Å². The highest BCUT2D eigenvalue weighted by atomic mass is 32.1. The summed E-state index contributed by atoms with van der Waals surface area (Å²) in [6.07, 6.45) is 5.99. The van der Waals surface area contributed by atoms with Crippen LogP contribution in [0.5, 0.6) is 0 Å². The quantitative estimate of drug-likeness (QED) is 0.501. The van der Waals surface area contributed by atoms with Gasteiger partial charge >= 0.3 is 0 Å². The van der Waals surface area contributed by atoms with Crippen molar-refractivity contribution >= 4 is 39.9 Å². The number of H-pyrrole nitrogens is 1. The number of thiophene rings is 1. The number of carbonyl (C=O) groups excluding carboxylic acids is 1. The second kappa shape index (κ2) is 6.47. The molecule has 0 fully saturated rings. The molecular formula is C20H14N4OS. The highest BCUT2D eigenvalue weighted by Crippen LogP contribution is 2.36. The van der Waals surface area contributed by atoms with Crippen LogP contribution in [0, 0.1) is 18.3 Å². The number of benzene rings is 1. The molecule has 0 saturated carbocycles. The van der Waals surface area contributed by atoms with Crippen LogP contribution in [0.15, 0.2) is 48.2 Å². The standard InChI is InChI=1S/C20H14N4OS/c1-12-16-4-5-23-19(16)3-2-18(12)24-20-14(7-21)8-22-9-17(20)13-6-15(10-25)26-11-13/h2-6,8-11,23H,1H3,(H,22,24). The number of hydrogen-bond acceptors (Lipinski definition) is 5. The van der Waals surface area contributed by atoms with E-state index in [1.165, 1.54) is 11.3 Å². The fourth-order valence-electron chi connectivity index (χ4n) is 3.01. The Bertz CT molecular complexity index is 1170. The monoisotopic (exact) mass is 358 g/mol. The predicted octanol–water partition coefficient (Wildman–Crippen LogP) is 5.03. The fraction of sp³-hybridized carbons (Fsp3) is 0.0500. The van der Waals surface area contributed by atoms with Crippen LogP contribution in [0.2, 0.25) is 0 Å². The molecule has 5 nitrogen and oxygen atoms in total. The molecule has 0 saturated heterocycles. The molecule has 0 aliphatic carbocycles. The normalized spacial score (nSPS) is 10.6. The van der Waals surface area contributed by atoms with Crippen LogP contribution in [0.3, 0.4) is 0 Å². The van der Waals surface area contributed by atoms with E-state index in [1.54, 1.807) is 12.4 Å². The zero-order valence-electron chi connectivity index (χ0n) is 13.9. The van der Waals surface area contributed by atoms with E-state index in [0.29, 0.717) is 16.1 Å². The van der Waals surface area contributed by atoms with Gasteiger partial charge in [-0.2, -0.15) is 5.26 Å². The molecule has 0 atom stereocenters. The smallest absolute Gasteiger partial charge is 0.160 e. The number of anilines is 2. The first-order valence-corrected chi connectivity index (χ1v) is 8.85. The Kier molecular flexibility index (Phi) is 3.99. The Balaban J connectivity index is 1.85. The van der Waals surface area contributed by atoms with Crippen molar-refractivity contribution in [2.45, 2.75) is 6.92 Å². The first-order chi connectivity index (χ1) is 12.7. The Morgan fingerprint density at radius 3 is 2.96 bits per heavy atom. The number of rotatable bonds is 4. The van der Waals surface area contributed by atoms with Crippen molar-refractivity contribution in [3.63, 3.8) is 0 Å². The second-order valence-electron chi connectivity index (χ2n) is 5.88. The van der Waals surface area contributed by atoms with Crippen LogP contribution >= 0.6 is 11.3 Å². The van der Waals surface area contributed by atoms with Gasteiger partial charge in [0, 0.05) is 40.7 Å². The number of fused-ring (bicyclic) bond motifs is 1. The van der Waals surface area contributed by atoms with E-state index >= 15 is 0 Å². The fourth-order valence-corrected chi connectivity index (χ4v) is 3.72. The molecule has 0 aliphatic rings. The Morgan fingerprint density at radius 2 is 2.19 bits per heavy atom. The molecule has 0 unspecified atom stereocenters. The van der Waals surface area contributed by atoms with Gasteiger partial charge in [0.1, 0.15) is 6.07 Å². The maximum absolute atomic E-state index is 11.0. The first kappa shape index (κ1) is 16.1. The second-order valence-corrected chi connectivity index (χ2v) is 6.82. The number of pyridine rings is 1. The first-order valence-electron chi connectivity index (χ1n) is 7.97. The minimum Gasteiger partial charge on any atom is -0.361 e. The molecule has 0 radical (unpaired) electrons. The largest absolute Gasteiger partial charge is 0.361 e. The van der Waals surface area contributed by atoms with Gasteiger partial charge < -0.3 is 10.3 Å². The zero-order chi connectivity index (χ0) is 18.1. The van der Waals surface area contributed by atoms with Gasteiger partial charge in [0.25, 0.3) is 0 Å². The van der Waals surface area contributed by atoms with E-state index in [0.717, 1.165) is 39.6 Å². The van der Waals surface area contributed by atoms with Crippen molar-refractivity contribution in [1.29, 1.82) is 5.26 Å². The van der Waals surface area contributed by atoms with Gasteiger partial charge in [0.2, 0.25) is 0 Å². The average molecular weight is 358 g/mol. The number of aromatic amines is 1. The maximum atomic E-state index is 11.0. The van der Waals surface area contributed by atoms with E-state index < -0.39 is 0 Å². The highest BCUT2D eigenvalue weighted by Gasteiger charge is 2.14. The molecule has 0 spiro atoms. The molecule has 126 valence electrons. The van der Waals surface area contributed by atoms with E-state index in [4.69, 9.17) is 0 Å². The predicted molar refractivity (Wildman–Crippen MR) is 104 cm³/mol. The van der Waals surface area contributed by atoms with Crippen molar-refractivity contribution in [2.24, 2.45) is 0 Å². The van der Waals surface area contributed by atoms with Crippen molar-refractivity contribution in [2.75, 3.05) is 5.32 Å². The minimum absolute atomic E-state index is 0.454. The molecule has 1 aromatic carbocycles. The lowest BCUT2D eigenvalue weighted by atomic mass is 10.0. The van der Waals surface area contributed by atoms with Crippen molar-refractivity contribution in [3.8, 4) is 17.2 Å². The van der Waals surface area contributed by atoms with E-state index in [2.05, 4.69) is 21.4 Å². The van der Waals surface area contributed by atoms with E-state index in [-0.39, 0.29) is 0 Å². The summed E-state index contributed by atoms with van der Waals surface area (Å²) in [5, 5.41) is 16.0. The Hall–Kier alpha value is -3.43. The summed E-state index contributed by atoms with van der Waals surface area (Å²) >= 11 is 1.37. The summed E-state index contributed by atoms with van der Waals surface area (Å²) < 4.78 is 0. The summed E-state index contributed by atoms with van der Waals surface area (Å²) in [6, 6.07) is 10.0. The lowest BCUT2D eigenvalue weighted by Crippen LogP contribution is -1.99. The molecule has 4 aromatic rings.